The third-order valence-corrected chi connectivity index (χ3v) is 6.40. The molecular formula is C27H24N2O2. The molecule has 2 aromatic rings. The van der Waals surface area contributed by atoms with Crippen LogP contribution in [0.4, 0.5) is 4.79 Å². The van der Waals surface area contributed by atoms with E-state index in [9.17, 15) is 4.79 Å². The maximum absolute atomic E-state index is 13.2. The normalized spacial score (nSPS) is 20.6. The minimum Gasteiger partial charge on any atom is -0.448 e. The molecule has 2 unspecified atom stereocenters. The Labute approximate surface area is 182 Å². The molecule has 2 bridgehead atoms. The summed E-state index contributed by atoms with van der Waals surface area (Å²) < 4.78 is 5.92. The predicted octanol–water partition coefficient (Wildman–Crippen LogP) is 5.73. The predicted molar refractivity (Wildman–Crippen MR) is 120 cm³/mol. The molecule has 3 aliphatic rings. The van der Waals surface area contributed by atoms with Gasteiger partial charge in [0.2, 0.25) is 0 Å². The van der Waals surface area contributed by atoms with Gasteiger partial charge in [0.1, 0.15) is 6.61 Å². The van der Waals surface area contributed by atoms with Crippen LogP contribution in [0, 0.1) is 11.3 Å². The van der Waals surface area contributed by atoms with Gasteiger partial charge in [-0.1, -0.05) is 78.9 Å². The van der Waals surface area contributed by atoms with Gasteiger partial charge < -0.3 is 4.74 Å². The second-order valence-corrected chi connectivity index (χ2v) is 8.17. The van der Waals surface area contributed by atoms with Crippen LogP contribution in [-0.4, -0.2) is 29.7 Å². The van der Waals surface area contributed by atoms with E-state index in [-0.39, 0.29) is 24.1 Å². The van der Waals surface area contributed by atoms with Gasteiger partial charge in [-0.2, -0.15) is 5.26 Å². The van der Waals surface area contributed by atoms with Crippen molar-refractivity contribution < 1.29 is 9.53 Å². The fraction of sp³-hybridized carbons (Fsp3) is 0.259. The molecule has 1 amide bonds. The lowest BCUT2D eigenvalue weighted by molar-refractivity contribution is 0.0956. The van der Waals surface area contributed by atoms with E-state index in [0.717, 1.165) is 12.8 Å². The molecule has 154 valence electrons. The van der Waals surface area contributed by atoms with E-state index in [4.69, 9.17) is 10.00 Å². The van der Waals surface area contributed by atoms with Crippen molar-refractivity contribution in [3.8, 4) is 17.2 Å². The van der Waals surface area contributed by atoms with E-state index in [1.54, 1.807) is 0 Å². The number of carbonyl (C=O) groups is 1. The summed E-state index contributed by atoms with van der Waals surface area (Å²) in [6, 6.07) is 18.7. The third-order valence-electron chi connectivity index (χ3n) is 6.40. The first-order chi connectivity index (χ1) is 15.3. The fourth-order valence-corrected chi connectivity index (χ4v) is 4.98. The topological polar surface area (TPSA) is 53.3 Å². The van der Waals surface area contributed by atoms with Crippen molar-refractivity contribution in [1.82, 2.24) is 4.90 Å². The quantitative estimate of drug-likeness (QED) is 0.469. The number of allylic oxidation sites excluding steroid dienone is 2. The molecule has 2 aromatic carbocycles. The summed E-state index contributed by atoms with van der Waals surface area (Å²) >= 11 is 0. The molecule has 0 spiro atoms. The Morgan fingerprint density at radius 1 is 1.00 bits per heavy atom. The zero-order valence-corrected chi connectivity index (χ0v) is 17.3. The lowest BCUT2D eigenvalue weighted by Crippen LogP contribution is -2.41. The zero-order valence-electron chi connectivity index (χ0n) is 17.3. The number of amides is 1. The summed E-state index contributed by atoms with van der Waals surface area (Å²) in [5, 5.41) is 8.85. The van der Waals surface area contributed by atoms with Crippen LogP contribution in [-0.2, 0) is 4.74 Å². The van der Waals surface area contributed by atoms with E-state index in [1.165, 1.54) is 27.8 Å². The summed E-state index contributed by atoms with van der Waals surface area (Å²) in [4.78, 5) is 15.0. The Bertz CT molecular complexity index is 1090. The number of nitrogens with zero attached hydrogens (tertiary/aromatic N) is 2. The molecule has 4 heteroatoms. The molecule has 0 N–H and O–H groups in total. The molecule has 0 saturated heterocycles. The summed E-state index contributed by atoms with van der Waals surface area (Å²) in [6.45, 7) is 0.319. The SMILES string of the molecule is N#CCCCC1=CC2C=CC=CC1N2C(=O)OCC1c2ccccc2-c2ccccc21. The van der Waals surface area contributed by atoms with Crippen LogP contribution >= 0.6 is 0 Å². The summed E-state index contributed by atoms with van der Waals surface area (Å²) in [7, 11) is 0. The molecule has 0 aromatic heterocycles. The maximum atomic E-state index is 13.2. The van der Waals surface area contributed by atoms with Gasteiger partial charge in [-0.05, 0) is 40.7 Å². The average molecular weight is 409 g/mol. The smallest absolute Gasteiger partial charge is 0.411 e. The molecule has 1 aliphatic carbocycles. The van der Waals surface area contributed by atoms with Gasteiger partial charge in [0, 0.05) is 12.3 Å². The molecule has 4 nitrogen and oxygen atoms in total. The fourth-order valence-electron chi connectivity index (χ4n) is 4.98. The van der Waals surface area contributed by atoms with Crippen molar-refractivity contribution in [2.75, 3.05) is 6.61 Å². The van der Waals surface area contributed by atoms with Crippen molar-refractivity contribution >= 4 is 6.09 Å². The molecular weight excluding hydrogens is 384 g/mol. The van der Waals surface area contributed by atoms with E-state index in [1.807, 2.05) is 41.3 Å². The molecule has 5 rings (SSSR count). The molecule has 2 heterocycles. The molecule has 2 atom stereocenters. The number of hydrogen-bond donors (Lipinski definition) is 0. The zero-order chi connectivity index (χ0) is 21.2. The summed E-state index contributed by atoms with van der Waals surface area (Å²) in [6.07, 6.45) is 12.0. The molecule has 0 fully saturated rings. The van der Waals surface area contributed by atoms with E-state index in [2.05, 4.69) is 48.5 Å². The monoisotopic (exact) mass is 408 g/mol. The molecule has 2 aliphatic heterocycles. The first kappa shape index (κ1) is 19.4. The standard InChI is InChI=1S/C27H24N2O2/c28-16-8-7-9-19-17-20-10-1-6-15-26(19)29(20)27(30)31-18-25-23-13-4-2-11-21(23)22-12-3-5-14-24(22)25/h1-6,10-15,17,20,25-26H,7-9,18H2. The van der Waals surface area contributed by atoms with Gasteiger partial charge in [0.05, 0.1) is 18.2 Å². The van der Waals surface area contributed by atoms with Crippen LogP contribution in [0.25, 0.3) is 11.1 Å². The second-order valence-electron chi connectivity index (χ2n) is 8.17. The highest BCUT2D eigenvalue weighted by Gasteiger charge is 2.37. The van der Waals surface area contributed by atoms with Crippen molar-refractivity contribution in [2.45, 2.75) is 37.3 Å². The van der Waals surface area contributed by atoms with Crippen LogP contribution in [0.1, 0.15) is 36.3 Å². The van der Waals surface area contributed by atoms with Crippen LogP contribution in [0.2, 0.25) is 0 Å². The second kappa shape index (κ2) is 8.28. The highest BCUT2D eigenvalue weighted by molar-refractivity contribution is 5.79. The van der Waals surface area contributed by atoms with Crippen LogP contribution in [0.3, 0.4) is 0 Å². The number of ether oxygens (including phenoxy) is 1. The van der Waals surface area contributed by atoms with Gasteiger partial charge in [0.25, 0.3) is 0 Å². The molecule has 0 radical (unpaired) electrons. The first-order valence-corrected chi connectivity index (χ1v) is 10.8. The van der Waals surface area contributed by atoms with Gasteiger partial charge in [-0.25, -0.2) is 4.79 Å². The number of carbonyl (C=O) groups excluding carboxylic acids is 1. The lowest BCUT2D eigenvalue weighted by Gasteiger charge is -2.28. The van der Waals surface area contributed by atoms with Crippen LogP contribution in [0.15, 0.2) is 84.5 Å². The van der Waals surface area contributed by atoms with Gasteiger partial charge in [-0.15, -0.1) is 0 Å². The Balaban J connectivity index is 1.33. The van der Waals surface area contributed by atoms with Crippen molar-refractivity contribution in [1.29, 1.82) is 5.26 Å². The minimum absolute atomic E-state index is 0.0510. The number of hydrogen-bond acceptors (Lipinski definition) is 3. The minimum atomic E-state index is -0.292. The highest BCUT2D eigenvalue weighted by Crippen LogP contribution is 2.44. The first-order valence-electron chi connectivity index (χ1n) is 10.8. The number of benzene rings is 2. The van der Waals surface area contributed by atoms with E-state index < -0.39 is 0 Å². The number of unbranched alkanes of at least 4 members (excludes halogenated alkanes) is 1. The maximum Gasteiger partial charge on any atom is 0.411 e. The average Bonchev–Trinajstić information content (AvgIpc) is 3.20. The van der Waals surface area contributed by atoms with Crippen molar-refractivity contribution in [3.63, 3.8) is 0 Å². The number of nitriles is 1. The lowest BCUT2D eigenvalue weighted by atomic mass is 9.98. The Kier molecular flexibility index (Phi) is 5.18. The van der Waals surface area contributed by atoms with Crippen LogP contribution in [0.5, 0.6) is 0 Å². The van der Waals surface area contributed by atoms with Crippen molar-refractivity contribution in [3.05, 3.63) is 95.6 Å². The van der Waals surface area contributed by atoms with Crippen LogP contribution < -0.4 is 0 Å². The highest BCUT2D eigenvalue weighted by atomic mass is 16.6. The van der Waals surface area contributed by atoms with Gasteiger partial charge in [-0.3, -0.25) is 4.90 Å². The molecule has 31 heavy (non-hydrogen) atoms. The Morgan fingerprint density at radius 3 is 2.39 bits per heavy atom. The number of fused-ring (bicyclic) bond motifs is 5. The largest absolute Gasteiger partial charge is 0.448 e. The molecule has 0 saturated carbocycles. The van der Waals surface area contributed by atoms with E-state index in [0.29, 0.717) is 13.0 Å². The number of rotatable bonds is 5. The van der Waals surface area contributed by atoms with E-state index >= 15 is 0 Å². The Morgan fingerprint density at radius 2 is 1.68 bits per heavy atom. The summed E-state index contributed by atoms with van der Waals surface area (Å²) in [5.74, 6) is 0.0510. The van der Waals surface area contributed by atoms with Gasteiger partial charge in [0.15, 0.2) is 0 Å². The summed E-state index contributed by atoms with van der Waals surface area (Å²) in [5.41, 5.74) is 6.06. The third kappa shape index (κ3) is 3.47. The Hall–Kier alpha value is -3.58. The van der Waals surface area contributed by atoms with Gasteiger partial charge >= 0.3 is 6.09 Å². The van der Waals surface area contributed by atoms with Crippen molar-refractivity contribution in [2.24, 2.45) is 0 Å².